The number of nitrogens with one attached hydrogen (secondary N) is 1. The number of amides is 1. The second-order valence-electron chi connectivity index (χ2n) is 2.64. The Kier molecular flexibility index (Phi) is 5.51. The number of hydrogen-bond donors (Lipinski definition) is 1. The van der Waals surface area contributed by atoms with E-state index in [-0.39, 0.29) is 19.4 Å². The van der Waals surface area contributed by atoms with Crippen LogP contribution in [0.3, 0.4) is 0 Å². The zero-order valence-corrected chi connectivity index (χ0v) is 7.94. The summed E-state index contributed by atoms with van der Waals surface area (Å²) in [5.41, 5.74) is 1.15. The van der Waals surface area contributed by atoms with Crippen molar-refractivity contribution < 1.29 is 31.9 Å². The van der Waals surface area contributed by atoms with Gasteiger partial charge in [-0.25, -0.2) is 10.3 Å². The fraction of sp³-hybridized carbons (Fsp3) is 0.857. The highest BCUT2D eigenvalue weighted by Crippen LogP contribution is 2.31. The van der Waals surface area contributed by atoms with Gasteiger partial charge < -0.3 is 4.74 Å². The number of carbonyl (C=O) groups excluding carboxylic acids is 1. The molecule has 0 aliphatic rings. The van der Waals surface area contributed by atoms with E-state index in [0.29, 0.717) is 0 Å². The van der Waals surface area contributed by atoms with Crippen molar-refractivity contribution in [3.05, 3.63) is 0 Å². The average molecular weight is 233 g/mol. The van der Waals surface area contributed by atoms with E-state index in [2.05, 4.69) is 9.57 Å². The lowest BCUT2D eigenvalue weighted by Gasteiger charge is -2.21. The maximum atomic E-state index is 12.6. The highest BCUT2D eigenvalue weighted by atomic mass is 19.3. The van der Waals surface area contributed by atoms with E-state index in [1.54, 1.807) is 6.92 Å². The molecule has 0 aromatic rings. The molecule has 0 bridgehead atoms. The van der Waals surface area contributed by atoms with Crippen LogP contribution in [0, 0.1) is 0 Å². The summed E-state index contributed by atoms with van der Waals surface area (Å²) in [5, 5.41) is 0. The normalized spacial score (nSPS) is 12.6. The first-order valence-corrected chi connectivity index (χ1v) is 4.10. The van der Waals surface area contributed by atoms with Crippen LogP contribution in [0.2, 0.25) is 0 Å². The molecule has 0 atom stereocenters. The highest BCUT2D eigenvalue weighted by Gasteiger charge is 2.46. The second kappa shape index (κ2) is 5.86. The largest absolute Gasteiger partial charge is 0.383 e. The lowest BCUT2D eigenvalue weighted by Crippen LogP contribution is -2.37. The van der Waals surface area contributed by atoms with Crippen molar-refractivity contribution in [3.8, 4) is 0 Å². The van der Waals surface area contributed by atoms with Crippen LogP contribution in [0.5, 0.6) is 0 Å². The van der Waals surface area contributed by atoms with Crippen molar-refractivity contribution in [1.82, 2.24) is 5.48 Å². The number of alkyl halides is 4. The van der Waals surface area contributed by atoms with Gasteiger partial charge in [0.05, 0.1) is 6.61 Å². The Morgan fingerprint density at radius 3 is 2.33 bits per heavy atom. The van der Waals surface area contributed by atoms with Gasteiger partial charge in [0.1, 0.15) is 6.42 Å². The first-order chi connectivity index (χ1) is 6.83. The average Bonchev–Trinajstić information content (AvgIpc) is 2.10. The number of hydrogen-bond acceptors (Lipinski definition) is 3. The molecule has 0 rings (SSSR count). The first-order valence-electron chi connectivity index (χ1n) is 4.10. The third kappa shape index (κ3) is 7.09. The van der Waals surface area contributed by atoms with Crippen LogP contribution < -0.4 is 5.48 Å². The van der Waals surface area contributed by atoms with E-state index in [1.165, 1.54) is 0 Å². The van der Waals surface area contributed by atoms with Crippen molar-refractivity contribution in [2.45, 2.75) is 32.0 Å². The molecule has 1 amide bonds. The Balaban J connectivity index is 4.09. The minimum absolute atomic E-state index is 0.195. The summed E-state index contributed by atoms with van der Waals surface area (Å²) < 4.78 is 54.2. The highest BCUT2D eigenvalue weighted by molar-refractivity contribution is 5.43. The molecule has 0 spiro atoms. The number of carbonyl (C=O) groups is 1. The van der Waals surface area contributed by atoms with Crippen LogP contribution in [0.1, 0.15) is 19.8 Å². The maximum absolute atomic E-state index is 12.6. The van der Waals surface area contributed by atoms with Gasteiger partial charge in [-0.15, -0.1) is 0 Å². The Bertz CT molecular complexity index is 201. The Labute approximate surface area is 83.5 Å². The number of hydroxylamine groups is 1. The molecule has 0 aliphatic carbocycles. The lowest BCUT2D eigenvalue weighted by atomic mass is 10.4. The van der Waals surface area contributed by atoms with E-state index in [4.69, 9.17) is 0 Å². The fourth-order valence-corrected chi connectivity index (χ4v) is 0.688. The topological polar surface area (TPSA) is 47.6 Å². The van der Waals surface area contributed by atoms with Crippen LogP contribution in [0.25, 0.3) is 0 Å². The van der Waals surface area contributed by atoms with Crippen LogP contribution in [-0.2, 0) is 14.4 Å². The molecule has 0 aromatic carbocycles. The quantitative estimate of drug-likeness (QED) is 0.394. The monoisotopic (exact) mass is 233 g/mol. The minimum atomic E-state index is -4.18. The van der Waals surface area contributed by atoms with E-state index in [1.807, 2.05) is 0 Å². The van der Waals surface area contributed by atoms with Crippen LogP contribution in [0.15, 0.2) is 0 Å². The lowest BCUT2D eigenvalue weighted by molar-refractivity contribution is -0.338. The van der Waals surface area contributed by atoms with Crippen molar-refractivity contribution in [3.63, 3.8) is 0 Å². The van der Waals surface area contributed by atoms with Crippen LogP contribution in [0.4, 0.5) is 17.6 Å². The molecule has 4 nitrogen and oxygen atoms in total. The third-order valence-corrected chi connectivity index (χ3v) is 1.19. The summed E-state index contributed by atoms with van der Waals surface area (Å²) in [5.74, 6) is 0. The molecule has 0 aliphatic heterocycles. The van der Waals surface area contributed by atoms with Crippen LogP contribution in [-0.4, -0.2) is 25.2 Å². The van der Waals surface area contributed by atoms with Gasteiger partial charge in [0, 0.05) is 0 Å². The number of halogens is 4. The predicted molar refractivity (Wildman–Crippen MR) is 41.0 cm³/mol. The van der Waals surface area contributed by atoms with Gasteiger partial charge in [-0.2, -0.15) is 17.6 Å². The zero-order chi connectivity index (χ0) is 11.9. The number of ether oxygens (including phenoxy) is 1. The van der Waals surface area contributed by atoms with E-state index < -0.39 is 18.6 Å². The van der Waals surface area contributed by atoms with Gasteiger partial charge >= 0.3 is 12.2 Å². The summed E-state index contributed by atoms with van der Waals surface area (Å²) in [6.07, 6.45) is -10.1. The molecule has 0 fully saturated rings. The molecule has 0 heterocycles. The van der Waals surface area contributed by atoms with Gasteiger partial charge in [0.25, 0.3) is 0 Å². The Morgan fingerprint density at radius 1 is 1.27 bits per heavy atom. The van der Waals surface area contributed by atoms with E-state index in [9.17, 15) is 22.4 Å². The summed E-state index contributed by atoms with van der Waals surface area (Å²) >= 11 is 0. The number of rotatable bonds is 8. The van der Waals surface area contributed by atoms with Crippen molar-refractivity contribution >= 4 is 6.41 Å². The summed E-state index contributed by atoms with van der Waals surface area (Å²) in [7, 11) is 0. The smallest absolute Gasteiger partial charge is 0.320 e. The molecule has 0 unspecified atom stereocenters. The van der Waals surface area contributed by atoms with Crippen molar-refractivity contribution in [2.24, 2.45) is 0 Å². The van der Waals surface area contributed by atoms with Gasteiger partial charge in [-0.05, 0) is 6.42 Å². The Hall–Kier alpha value is -0.890. The first kappa shape index (κ1) is 14.1. The molecule has 0 radical (unpaired) electrons. The molecule has 0 aromatic heterocycles. The van der Waals surface area contributed by atoms with Gasteiger partial charge in [-0.1, -0.05) is 6.92 Å². The van der Waals surface area contributed by atoms with Gasteiger partial charge in [-0.3, -0.25) is 4.79 Å². The fourth-order valence-electron chi connectivity index (χ4n) is 0.688. The summed E-state index contributed by atoms with van der Waals surface area (Å²) in [4.78, 5) is 13.0. The van der Waals surface area contributed by atoms with E-state index >= 15 is 0 Å². The van der Waals surface area contributed by atoms with Gasteiger partial charge in [0.15, 0.2) is 0 Å². The maximum Gasteiger partial charge on any atom is 0.383 e. The molecule has 15 heavy (non-hydrogen) atoms. The van der Waals surface area contributed by atoms with Crippen LogP contribution >= 0.6 is 0 Å². The SMILES string of the molecule is CCCOC(F)(F)CC(F)(F)ONC=O. The summed E-state index contributed by atoms with van der Waals surface area (Å²) in [6, 6.07) is 0. The predicted octanol–water partition coefficient (Wildman–Crippen LogP) is 1.67. The molecule has 90 valence electrons. The molecule has 1 N–H and O–H groups in total. The zero-order valence-electron chi connectivity index (χ0n) is 7.94. The minimum Gasteiger partial charge on any atom is -0.320 e. The molecule has 8 heteroatoms. The van der Waals surface area contributed by atoms with E-state index in [0.717, 1.165) is 5.48 Å². The molecular formula is C7H11F4NO3. The standard InChI is InChI=1S/C7H11F4NO3/c1-2-3-14-6(8,9)4-7(10,11)15-12-5-13/h5H,2-4H2,1H3,(H,12,13). The molecule has 0 saturated carbocycles. The van der Waals surface area contributed by atoms with Gasteiger partial charge in [0.2, 0.25) is 6.41 Å². The molecule has 0 saturated heterocycles. The third-order valence-electron chi connectivity index (χ3n) is 1.19. The Morgan fingerprint density at radius 2 is 1.87 bits per heavy atom. The molecular weight excluding hydrogens is 222 g/mol. The van der Waals surface area contributed by atoms with Crippen molar-refractivity contribution in [1.29, 1.82) is 0 Å². The summed E-state index contributed by atoms with van der Waals surface area (Å²) in [6.45, 7) is 1.21. The van der Waals surface area contributed by atoms with Crippen molar-refractivity contribution in [2.75, 3.05) is 6.61 Å². The second-order valence-corrected chi connectivity index (χ2v) is 2.64.